The Balaban J connectivity index is 1.86. The van der Waals surface area contributed by atoms with E-state index in [1.165, 1.54) is 29.4 Å². The van der Waals surface area contributed by atoms with Crippen LogP contribution in [-0.4, -0.2) is 18.2 Å². The minimum atomic E-state index is -0.382. The van der Waals surface area contributed by atoms with E-state index in [0.29, 0.717) is 22.2 Å². The van der Waals surface area contributed by atoms with Crippen molar-refractivity contribution in [3.05, 3.63) is 45.6 Å². The summed E-state index contributed by atoms with van der Waals surface area (Å²) in [6.45, 7) is 4.09. The van der Waals surface area contributed by atoms with Gasteiger partial charge in [-0.3, -0.25) is 0 Å². The lowest BCUT2D eigenvalue weighted by Crippen LogP contribution is -2.21. The predicted molar refractivity (Wildman–Crippen MR) is 108 cm³/mol. The molecule has 1 atom stereocenters. The number of thiocarbonyl (C=S) groups is 1. The lowest BCUT2D eigenvalue weighted by atomic mass is 9.88. The fourth-order valence-electron chi connectivity index (χ4n) is 3.15. The molecule has 0 bridgehead atoms. The van der Waals surface area contributed by atoms with Crippen LogP contribution in [0.4, 0.5) is 15.1 Å². The van der Waals surface area contributed by atoms with E-state index < -0.39 is 0 Å². The number of ether oxygens (including phenoxy) is 1. The van der Waals surface area contributed by atoms with Gasteiger partial charge in [0, 0.05) is 4.88 Å². The molecule has 1 aliphatic carbocycles. The van der Waals surface area contributed by atoms with Crippen molar-refractivity contribution < 1.29 is 13.9 Å². The highest BCUT2D eigenvalue weighted by Gasteiger charge is 2.28. The molecule has 0 spiro atoms. The SMILES string of the molecule is COC(=O)c1c(NC(=S)Nc2cc(C)ccc2F)sc2c1CCC(C)C2. The van der Waals surface area contributed by atoms with E-state index in [0.717, 1.165) is 30.4 Å². The Morgan fingerprint density at radius 1 is 1.38 bits per heavy atom. The number of fused-ring (bicyclic) bond motifs is 1. The Hall–Kier alpha value is -1.99. The third kappa shape index (κ3) is 3.88. The van der Waals surface area contributed by atoms with E-state index in [1.54, 1.807) is 12.1 Å². The van der Waals surface area contributed by atoms with E-state index >= 15 is 0 Å². The van der Waals surface area contributed by atoms with Crippen molar-refractivity contribution in [1.82, 2.24) is 0 Å². The summed E-state index contributed by atoms with van der Waals surface area (Å²) < 4.78 is 18.9. The predicted octanol–water partition coefficient (Wildman–Crippen LogP) is 4.92. The largest absolute Gasteiger partial charge is 0.465 e. The molecule has 0 fully saturated rings. The van der Waals surface area contributed by atoms with Gasteiger partial charge in [0.05, 0.1) is 18.4 Å². The maximum Gasteiger partial charge on any atom is 0.341 e. The van der Waals surface area contributed by atoms with E-state index in [1.807, 2.05) is 6.92 Å². The van der Waals surface area contributed by atoms with Crippen LogP contribution in [0, 0.1) is 18.7 Å². The summed E-state index contributed by atoms with van der Waals surface area (Å²) >= 11 is 6.86. The molecule has 1 aliphatic rings. The van der Waals surface area contributed by atoms with Crippen LogP contribution in [0.15, 0.2) is 18.2 Å². The number of anilines is 2. The maximum absolute atomic E-state index is 13.9. The standard InChI is InChI=1S/C19H21FN2O2S2/c1-10-5-7-13(20)14(8-10)21-19(25)22-17-16(18(23)24-3)12-6-4-11(2)9-15(12)26-17/h5,7-8,11H,4,6,9H2,1-3H3,(H2,21,22,25). The van der Waals surface area contributed by atoms with Crippen molar-refractivity contribution in [1.29, 1.82) is 0 Å². The number of aryl methyl sites for hydroxylation is 1. The molecule has 4 nitrogen and oxygen atoms in total. The van der Waals surface area contributed by atoms with Crippen LogP contribution >= 0.6 is 23.6 Å². The first-order valence-corrected chi connectivity index (χ1v) is 9.68. The summed E-state index contributed by atoms with van der Waals surface area (Å²) in [4.78, 5) is 13.5. The molecule has 2 aromatic rings. The van der Waals surface area contributed by atoms with Crippen LogP contribution in [0.5, 0.6) is 0 Å². The summed E-state index contributed by atoms with van der Waals surface area (Å²) in [5.41, 5.74) is 2.82. The Kier molecular flexibility index (Phi) is 5.58. The van der Waals surface area contributed by atoms with Crippen LogP contribution in [0.25, 0.3) is 0 Å². The van der Waals surface area contributed by atoms with Gasteiger partial charge in [-0.1, -0.05) is 13.0 Å². The fraction of sp³-hybridized carbons (Fsp3) is 0.368. The summed E-state index contributed by atoms with van der Waals surface area (Å²) in [6.07, 6.45) is 2.84. The van der Waals surface area contributed by atoms with Gasteiger partial charge in [-0.15, -0.1) is 11.3 Å². The maximum atomic E-state index is 13.9. The molecular weight excluding hydrogens is 371 g/mol. The van der Waals surface area contributed by atoms with Gasteiger partial charge < -0.3 is 15.4 Å². The first-order chi connectivity index (χ1) is 12.4. The zero-order valence-electron chi connectivity index (χ0n) is 14.9. The van der Waals surface area contributed by atoms with Crippen LogP contribution in [0.1, 0.15) is 39.7 Å². The molecule has 1 heterocycles. The molecule has 0 radical (unpaired) electrons. The summed E-state index contributed by atoms with van der Waals surface area (Å²) in [6, 6.07) is 4.78. The molecule has 1 aromatic carbocycles. The Morgan fingerprint density at radius 3 is 2.88 bits per heavy atom. The second-order valence-electron chi connectivity index (χ2n) is 6.61. The molecule has 0 saturated heterocycles. The number of halogens is 1. The van der Waals surface area contributed by atoms with Crippen molar-refractivity contribution in [2.45, 2.75) is 33.1 Å². The number of hydrogen-bond acceptors (Lipinski definition) is 4. The highest BCUT2D eigenvalue weighted by molar-refractivity contribution is 7.80. The summed E-state index contributed by atoms with van der Waals surface area (Å²) in [5.74, 6) is -0.165. The number of carbonyl (C=O) groups excluding carboxylic acids is 1. The van der Waals surface area contributed by atoms with Crippen LogP contribution in [0.2, 0.25) is 0 Å². The number of carbonyl (C=O) groups is 1. The molecule has 0 saturated carbocycles. The number of nitrogens with one attached hydrogen (secondary N) is 2. The molecule has 2 N–H and O–H groups in total. The van der Waals surface area contributed by atoms with E-state index in [2.05, 4.69) is 17.6 Å². The molecular formula is C19H21FN2O2S2. The third-order valence-corrected chi connectivity index (χ3v) is 5.87. The van der Waals surface area contributed by atoms with Crippen molar-refractivity contribution in [3.63, 3.8) is 0 Å². The number of methoxy groups -OCH3 is 1. The second kappa shape index (κ2) is 7.72. The third-order valence-electron chi connectivity index (χ3n) is 4.50. The molecule has 138 valence electrons. The number of benzene rings is 1. The first-order valence-electron chi connectivity index (χ1n) is 8.46. The van der Waals surface area contributed by atoms with Gasteiger partial charge in [-0.05, 0) is 67.6 Å². The molecule has 1 aromatic heterocycles. The Morgan fingerprint density at radius 2 is 2.15 bits per heavy atom. The topological polar surface area (TPSA) is 50.4 Å². The number of esters is 1. The minimum Gasteiger partial charge on any atom is -0.465 e. The molecule has 26 heavy (non-hydrogen) atoms. The average Bonchev–Trinajstić information content (AvgIpc) is 2.94. The van der Waals surface area contributed by atoms with Gasteiger partial charge >= 0.3 is 5.97 Å². The van der Waals surface area contributed by atoms with Gasteiger partial charge in [0.25, 0.3) is 0 Å². The quantitative estimate of drug-likeness (QED) is 0.574. The number of hydrogen-bond donors (Lipinski definition) is 2. The van der Waals surface area contributed by atoms with E-state index in [9.17, 15) is 9.18 Å². The monoisotopic (exact) mass is 392 g/mol. The van der Waals surface area contributed by atoms with Gasteiger partial charge in [-0.25, -0.2) is 9.18 Å². The molecule has 1 unspecified atom stereocenters. The Bertz CT molecular complexity index is 863. The van der Waals surface area contributed by atoms with Crippen molar-refractivity contribution >= 4 is 45.3 Å². The van der Waals surface area contributed by atoms with Crippen molar-refractivity contribution in [2.24, 2.45) is 5.92 Å². The summed E-state index contributed by atoms with van der Waals surface area (Å²) in [7, 11) is 1.38. The normalized spacial score (nSPS) is 15.9. The zero-order chi connectivity index (χ0) is 18.8. The highest BCUT2D eigenvalue weighted by Crippen LogP contribution is 2.40. The van der Waals surface area contributed by atoms with E-state index in [-0.39, 0.29) is 16.9 Å². The van der Waals surface area contributed by atoms with Crippen LogP contribution in [0.3, 0.4) is 0 Å². The molecule has 0 aliphatic heterocycles. The Labute approximate surface area is 161 Å². The number of rotatable bonds is 3. The van der Waals surface area contributed by atoms with Gasteiger partial charge in [0.15, 0.2) is 5.11 Å². The molecule has 7 heteroatoms. The molecule has 0 amide bonds. The van der Waals surface area contributed by atoms with Crippen molar-refractivity contribution in [3.8, 4) is 0 Å². The lowest BCUT2D eigenvalue weighted by Gasteiger charge is -2.18. The fourth-order valence-corrected chi connectivity index (χ4v) is 4.83. The van der Waals surface area contributed by atoms with Crippen molar-refractivity contribution in [2.75, 3.05) is 17.7 Å². The van der Waals surface area contributed by atoms with Crippen LogP contribution in [-0.2, 0) is 17.6 Å². The zero-order valence-corrected chi connectivity index (χ0v) is 16.6. The van der Waals surface area contributed by atoms with Crippen LogP contribution < -0.4 is 10.6 Å². The first kappa shape index (κ1) is 18.8. The average molecular weight is 393 g/mol. The number of thiophene rings is 1. The van der Waals surface area contributed by atoms with Gasteiger partial charge in [-0.2, -0.15) is 0 Å². The highest BCUT2D eigenvalue weighted by atomic mass is 32.1. The minimum absolute atomic E-state index is 0.242. The lowest BCUT2D eigenvalue weighted by molar-refractivity contribution is 0.0601. The second-order valence-corrected chi connectivity index (χ2v) is 8.12. The summed E-state index contributed by atoms with van der Waals surface area (Å²) in [5, 5.41) is 6.83. The van der Waals surface area contributed by atoms with Gasteiger partial charge in [0.2, 0.25) is 0 Å². The smallest absolute Gasteiger partial charge is 0.341 e. The van der Waals surface area contributed by atoms with E-state index in [4.69, 9.17) is 17.0 Å². The van der Waals surface area contributed by atoms with Gasteiger partial charge in [0.1, 0.15) is 10.8 Å². The molecule has 3 rings (SSSR count).